The molecule has 33 heavy (non-hydrogen) atoms. The van der Waals surface area contributed by atoms with E-state index in [0.29, 0.717) is 5.69 Å². The van der Waals surface area contributed by atoms with Crippen molar-refractivity contribution in [3.8, 4) is 0 Å². The third-order valence-corrected chi connectivity index (χ3v) is 8.31. The van der Waals surface area contributed by atoms with E-state index in [2.05, 4.69) is 5.32 Å². The van der Waals surface area contributed by atoms with Crippen molar-refractivity contribution in [1.29, 1.82) is 0 Å². The fraction of sp³-hybridized carbons (Fsp3) is 0.0800. The summed E-state index contributed by atoms with van der Waals surface area (Å²) in [6, 6.07) is 18.9. The molecule has 3 aromatic carbocycles. The minimum atomic E-state index is -4.04. The highest BCUT2D eigenvalue weighted by Crippen LogP contribution is 2.44. The Bertz CT molecular complexity index is 1440. The zero-order valence-electron chi connectivity index (χ0n) is 17.9. The van der Waals surface area contributed by atoms with Crippen molar-refractivity contribution in [2.75, 3.05) is 11.1 Å². The number of carbonyl (C=O) groups is 1. The number of sulfone groups is 1. The van der Waals surface area contributed by atoms with E-state index in [9.17, 15) is 17.6 Å². The van der Waals surface area contributed by atoms with Crippen molar-refractivity contribution < 1.29 is 17.6 Å². The summed E-state index contributed by atoms with van der Waals surface area (Å²) < 4.78 is 40.5. The van der Waals surface area contributed by atoms with Gasteiger partial charge in [0.2, 0.25) is 15.6 Å². The lowest BCUT2D eigenvalue weighted by Crippen LogP contribution is -2.08. The molecule has 5 nitrogen and oxygen atoms in total. The lowest BCUT2D eigenvalue weighted by molar-refractivity contribution is 0.104. The molecule has 0 bridgehead atoms. The minimum Gasteiger partial charge on any atom is -0.396 e. The molecule has 1 heterocycles. The van der Waals surface area contributed by atoms with E-state index in [0.717, 1.165) is 22.5 Å². The first kappa shape index (κ1) is 22.7. The topological polar surface area (TPSA) is 89.3 Å². The fourth-order valence-electron chi connectivity index (χ4n) is 3.35. The first-order valence-electron chi connectivity index (χ1n) is 10.1. The Labute approximate surface area is 195 Å². The van der Waals surface area contributed by atoms with Crippen LogP contribution in [0.15, 0.2) is 82.6 Å². The van der Waals surface area contributed by atoms with E-state index in [4.69, 9.17) is 5.73 Å². The molecule has 0 aliphatic rings. The average molecular weight is 481 g/mol. The Morgan fingerprint density at radius 1 is 0.939 bits per heavy atom. The van der Waals surface area contributed by atoms with Gasteiger partial charge in [0.1, 0.15) is 20.6 Å². The number of rotatable bonds is 6. The van der Waals surface area contributed by atoms with Gasteiger partial charge in [0.15, 0.2) is 0 Å². The molecule has 4 aromatic rings. The molecular formula is C25H21FN2O3S2. The summed E-state index contributed by atoms with van der Waals surface area (Å²) in [7, 11) is -4.04. The van der Waals surface area contributed by atoms with Crippen molar-refractivity contribution in [3.05, 3.63) is 100 Å². The van der Waals surface area contributed by atoms with Crippen LogP contribution in [0.4, 0.5) is 20.8 Å². The van der Waals surface area contributed by atoms with E-state index in [1.165, 1.54) is 36.4 Å². The van der Waals surface area contributed by atoms with Crippen molar-refractivity contribution in [2.45, 2.75) is 23.6 Å². The van der Waals surface area contributed by atoms with Crippen LogP contribution in [0.1, 0.15) is 26.4 Å². The Kier molecular flexibility index (Phi) is 6.05. The first-order valence-corrected chi connectivity index (χ1v) is 12.4. The second-order valence-electron chi connectivity index (χ2n) is 7.60. The number of carbonyl (C=O) groups excluding carboxylic acids is 1. The zero-order valence-corrected chi connectivity index (χ0v) is 19.6. The maximum Gasteiger partial charge on any atom is 0.211 e. The molecule has 168 valence electrons. The standard InChI is InChI=1S/C25H21FN2O3S2/c1-15-7-13-19(14-8-15)33(30,31)24-21(27)23(22(29)17-9-11-18(26)12-10-17)32-25(24)28-20-6-4-3-5-16(20)2/h3-14,28H,27H2,1-2H3. The van der Waals surface area contributed by atoms with Crippen LogP contribution < -0.4 is 11.1 Å². The molecule has 0 amide bonds. The van der Waals surface area contributed by atoms with Gasteiger partial charge >= 0.3 is 0 Å². The average Bonchev–Trinajstić information content (AvgIpc) is 3.12. The van der Waals surface area contributed by atoms with Crippen LogP contribution in [0.2, 0.25) is 0 Å². The number of hydrogen-bond acceptors (Lipinski definition) is 6. The Balaban J connectivity index is 1.89. The summed E-state index contributed by atoms with van der Waals surface area (Å²) in [5.74, 6) is -0.953. The number of nitrogen functional groups attached to an aromatic ring is 1. The van der Waals surface area contributed by atoms with Gasteiger partial charge < -0.3 is 11.1 Å². The van der Waals surface area contributed by atoms with Crippen LogP contribution in [0.5, 0.6) is 0 Å². The normalized spacial score (nSPS) is 11.4. The molecule has 4 rings (SSSR count). The van der Waals surface area contributed by atoms with Gasteiger partial charge in [0.25, 0.3) is 0 Å². The Hall–Kier alpha value is -3.49. The van der Waals surface area contributed by atoms with Crippen LogP contribution in [-0.4, -0.2) is 14.2 Å². The lowest BCUT2D eigenvalue weighted by Gasteiger charge is -2.11. The number of benzene rings is 3. The summed E-state index contributed by atoms with van der Waals surface area (Å²) in [5, 5.41) is 3.40. The van der Waals surface area contributed by atoms with Gasteiger partial charge in [0, 0.05) is 11.3 Å². The molecule has 0 saturated heterocycles. The molecule has 0 saturated carbocycles. The van der Waals surface area contributed by atoms with Gasteiger partial charge in [-0.1, -0.05) is 35.9 Å². The highest BCUT2D eigenvalue weighted by molar-refractivity contribution is 7.92. The quantitative estimate of drug-likeness (QED) is 0.336. The molecule has 1 aromatic heterocycles. The van der Waals surface area contributed by atoms with Crippen molar-refractivity contribution >= 4 is 43.3 Å². The minimum absolute atomic E-state index is 0.0726. The van der Waals surface area contributed by atoms with Crippen LogP contribution in [0.25, 0.3) is 0 Å². The molecule has 0 fully saturated rings. The molecule has 0 radical (unpaired) electrons. The third kappa shape index (κ3) is 4.40. The number of ketones is 1. The van der Waals surface area contributed by atoms with Crippen molar-refractivity contribution in [2.24, 2.45) is 0 Å². The van der Waals surface area contributed by atoms with Crippen LogP contribution in [-0.2, 0) is 9.84 Å². The van der Waals surface area contributed by atoms with Crippen LogP contribution >= 0.6 is 11.3 Å². The van der Waals surface area contributed by atoms with Gasteiger partial charge in [-0.05, 0) is 61.9 Å². The number of halogens is 1. The molecule has 0 unspecified atom stereocenters. The van der Waals surface area contributed by atoms with E-state index < -0.39 is 21.4 Å². The van der Waals surface area contributed by atoms with Crippen molar-refractivity contribution in [1.82, 2.24) is 0 Å². The number of para-hydroxylation sites is 1. The fourth-order valence-corrected chi connectivity index (χ4v) is 6.28. The number of nitrogens with two attached hydrogens (primary N) is 1. The van der Waals surface area contributed by atoms with E-state index in [1.807, 2.05) is 38.1 Å². The Morgan fingerprint density at radius 2 is 1.58 bits per heavy atom. The van der Waals surface area contributed by atoms with Gasteiger partial charge in [-0.2, -0.15) is 0 Å². The Morgan fingerprint density at radius 3 is 2.21 bits per heavy atom. The summed E-state index contributed by atoms with van der Waals surface area (Å²) >= 11 is 0.963. The van der Waals surface area contributed by atoms with Gasteiger partial charge in [-0.3, -0.25) is 4.79 Å². The van der Waals surface area contributed by atoms with Crippen LogP contribution in [0, 0.1) is 19.7 Å². The van der Waals surface area contributed by atoms with E-state index in [1.54, 1.807) is 12.1 Å². The molecule has 0 aliphatic heterocycles. The van der Waals surface area contributed by atoms with E-state index in [-0.39, 0.29) is 30.9 Å². The largest absolute Gasteiger partial charge is 0.396 e. The number of anilines is 3. The second-order valence-corrected chi connectivity index (χ2v) is 10.5. The molecule has 0 atom stereocenters. The molecule has 3 N–H and O–H groups in total. The molecule has 0 spiro atoms. The first-order chi connectivity index (χ1) is 15.7. The van der Waals surface area contributed by atoms with Gasteiger partial charge in [-0.15, -0.1) is 11.3 Å². The summed E-state index contributed by atoms with van der Waals surface area (Å²) in [4.78, 5) is 13.2. The monoisotopic (exact) mass is 480 g/mol. The van der Waals surface area contributed by atoms with Gasteiger partial charge in [-0.25, -0.2) is 12.8 Å². The highest BCUT2D eigenvalue weighted by atomic mass is 32.2. The number of aryl methyl sites for hydroxylation is 2. The molecular weight excluding hydrogens is 459 g/mol. The zero-order chi connectivity index (χ0) is 23.8. The third-order valence-electron chi connectivity index (χ3n) is 5.21. The predicted octanol–water partition coefficient (Wildman–Crippen LogP) is 5.89. The maximum atomic E-state index is 13.6. The summed E-state index contributed by atoms with van der Waals surface area (Å²) in [5.41, 5.74) is 8.90. The van der Waals surface area contributed by atoms with E-state index >= 15 is 0 Å². The maximum absolute atomic E-state index is 13.6. The smallest absolute Gasteiger partial charge is 0.211 e. The molecule has 8 heteroatoms. The SMILES string of the molecule is Cc1ccc(S(=O)(=O)c2c(Nc3ccccc3C)sc(C(=O)c3ccc(F)cc3)c2N)cc1. The predicted molar refractivity (Wildman–Crippen MR) is 130 cm³/mol. The lowest BCUT2D eigenvalue weighted by atomic mass is 10.1. The summed E-state index contributed by atoms with van der Waals surface area (Å²) in [6.45, 7) is 3.75. The highest BCUT2D eigenvalue weighted by Gasteiger charge is 2.31. The molecule has 0 aliphatic carbocycles. The summed E-state index contributed by atoms with van der Waals surface area (Å²) in [6.07, 6.45) is 0. The number of nitrogens with one attached hydrogen (secondary N) is 1. The van der Waals surface area contributed by atoms with Gasteiger partial charge in [0.05, 0.1) is 10.6 Å². The van der Waals surface area contributed by atoms with Crippen molar-refractivity contribution in [3.63, 3.8) is 0 Å². The number of thiophene rings is 1. The second kappa shape index (κ2) is 8.80. The number of hydrogen-bond donors (Lipinski definition) is 2. The van der Waals surface area contributed by atoms with Crippen LogP contribution in [0.3, 0.4) is 0 Å².